The Morgan fingerprint density at radius 1 is 1.31 bits per heavy atom. The maximum absolute atomic E-state index is 11.9. The Morgan fingerprint density at radius 3 is 2.92 bits per heavy atom. The Hall–Kier alpha value is -3.82. The van der Waals surface area contributed by atoms with Gasteiger partial charge in [0, 0.05) is 18.6 Å². The first-order valence-electron chi connectivity index (χ1n) is 7.60. The zero-order chi connectivity index (χ0) is 18.5. The molecule has 0 saturated carbocycles. The summed E-state index contributed by atoms with van der Waals surface area (Å²) in [6, 6.07) is 10.7. The van der Waals surface area contributed by atoms with Crippen LogP contribution in [0.25, 0.3) is 11.0 Å². The molecule has 10 heteroatoms. The first kappa shape index (κ1) is 17.0. The van der Waals surface area contributed by atoms with E-state index in [9.17, 15) is 20.0 Å². The van der Waals surface area contributed by atoms with Gasteiger partial charge in [0.2, 0.25) is 5.91 Å². The van der Waals surface area contributed by atoms with Crippen LogP contribution in [0.3, 0.4) is 0 Å². The first-order chi connectivity index (χ1) is 12.5. The van der Waals surface area contributed by atoms with E-state index >= 15 is 0 Å². The molecule has 0 aliphatic heterocycles. The summed E-state index contributed by atoms with van der Waals surface area (Å²) in [5.74, 6) is -0.818. The van der Waals surface area contributed by atoms with Crippen molar-refractivity contribution in [3.05, 3.63) is 58.1 Å². The molecular formula is C16H13N6O4-. The molecule has 0 aliphatic carbocycles. The molecule has 2 aromatic carbocycles. The Labute approximate surface area is 146 Å². The Morgan fingerprint density at radius 2 is 2.12 bits per heavy atom. The van der Waals surface area contributed by atoms with Crippen LogP contribution in [0, 0.1) is 10.1 Å². The number of hydrogen-bond acceptors (Lipinski definition) is 7. The molecule has 0 unspecified atom stereocenters. The number of carbonyl (C=O) groups is 1. The Balaban J connectivity index is 1.58. The van der Waals surface area contributed by atoms with Gasteiger partial charge in [-0.25, -0.2) is 10.1 Å². The number of aromatic nitrogens is 3. The highest BCUT2D eigenvalue weighted by Crippen LogP contribution is 2.19. The van der Waals surface area contributed by atoms with Gasteiger partial charge in [0.05, 0.1) is 23.2 Å². The number of carbonyl (C=O) groups excluding carboxylic acids is 1. The number of fused-ring (bicyclic) bond motifs is 1. The summed E-state index contributed by atoms with van der Waals surface area (Å²) in [5, 5.41) is 34.0. The highest BCUT2D eigenvalue weighted by molar-refractivity contribution is 5.85. The molecule has 132 valence electrons. The van der Waals surface area contributed by atoms with Gasteiger partial charge >= 0.3 is 0 Å². The van der Waals surface area contributed by atoms with E-state index in [4.69, 9.17) is 0 Å². The van der Waals surface area contributed by atoms with E-state index < -0.39 is 16.6 Å². The fourth-order valence-electron chi connectivity index (χ4n) is 2.27. The second-order valence-electron chi connectivity index (χ2n) is 5.32. The van der Waals surface area contributed by atoms with Gasteiger partial charge < -0.3 is 5.11 Å². The van der Waals surface area contributed by atoms with Crippen LogP contribution in [0.15, 0.2) is 47.6 Å². The summed E-state index contributed by atoms with van der Waals surface area (Å²) in [4.78, 5) is 22.0. The summed E-state index contributed by atoms with van der Waals surface area (Å²) in [7, 11) is 0. The third-order valence-electron chi connectivity index (χ3n) is 3.57. The van der Waals surface area contributed by atoms with Crippen molar-refractivity contribution < 1.29 is 14.8 Å². The summed E-state index contributed by atoms with van der Waals surface area (Å²) >= 11 is 0. The van der Waals surface area contributed by atoms with E-state index in [2.05, 4.69) is 20.8 Å². The van der Waals surface area contributed by atoms with Gasteiger partial charge in [-0.05, 0) is 17.7 Å². The molecule has 0 radical (unpaired) electrons. The summed E-state index contributed by atoms with van der Waals surface area (Å²) in [6.45, 7) is 0.311. The van der Waals surface area contributed by atoms with Gasteiger partial charge in [-0.15, -0.1) is 5.10 Å². The normalized spacial score (nSPS) is 11.1. The second kappa shape index (κ2) is 7.38. The number of hydrazone groups is 1. The van der Waals surface area contributed by atoms with Crippen LogP contribution >= 0.6 is 0 Å². The number of nitro groups is 1. The van der Waals surface area contributed by atoms with E-state index in [1.54, 1.807) is 4.68 Å². The van der Waals surface area contributed by atoms with E-state index in [0.717, 1.165) is 35.4 Å². The lowest BCUT2D eigenvalue weighted by Crippen LogP contribution is -2.19. The molecule has 3 aromatic rings. The van der Waals surface area contributed by atoms with Crippen molar-refractivity contribution in [1.29, 1.82) is 0 Å². The van der Waals surface area contributed by atoms with Gasteiger partial charge in [0.1, 0.15) is 5.52 Å². The van der Waals surface area contributed by atoms with E-state index in [-0.39, 0.29) is 17.7 Å². The quantitative estimate of drug-likeness (QED) is 0.398. The zero-order valence-electron chi connectivity index (χ0n) is 13.4. The minimum absolute atomic E-state index is 0.0155. The lowest BCUT2D eigenvalue weighted by molar-refractivity contribution is -0.385. The minimum atomic E-state index is -0.613. The lowest BCUT2D eigenvalue weighted by Gasteiger charge is -2.08. The van der Waals surface area contributed by atoms with Gasteiger partial charge in [0.15, 0.2) is 0 Å². The number of amides is 1. The predicted molar refractivity (Wildman–Crippen MR) is 90.4 cm³/mol. The maximum Gasteiger partial charge on any atom is 0.270 e. The SMILES string of the molecule is O=C(CCn1nnc2ccccc21)N/N=C/c1cc([N+](=O)[O-])ccc1[O-]. The van der Waals surface area contributed by atoms with Crippen LogP contribution in [-0.2, 0) is 11.3 Å². The predicted octanol–water partition coefficient (Wildman–Crippen LogP) is 0.953. The standard InChI is InChI=1S/C16H14N6O4/c23-15-6-5-12(22(25)26)9-11(15)10-17-19-16(24)7-8-21-14-4-2-1-3-13(14)18-20-21/h1-6,9-10,23H,7-8H2,(H,19,24)/p-1/b17-10+. The van der Waals surface area contributed by atoms with Crippen molar-refractivity contribution in [3.8, 4) is 5.75 Å². The Bertz CT molecular complexity index is 997. The average molecular weight is 353 g/mol. The van der Waals surface area contributed by atoms with Crippen LogP contribution in [0.5, 0.6) is 5.75 Å². The van der Waals surface area contributed by atoms with E-state index in [1.807, 2.05) is 24.3 Å². The molecule has 0 fully saturated rings. The van der Waals surface area contributed by atoms with Crippen molar-refractivity contribution in [2.75, 3.05) is 0 Å². The molecule has 0 atom stereocenters. The molecular weight excluding hydrogens is 340 g/mol. The molecule has 0 aliphatic rings. The number of nitrogens with one attached hydrogen (secondary N) is 1. The van der Waals surface area contributed by atoms with Crippen LogP contribution < -0.4 is 10.5 Å². The second-order valence-corrected chi connectivity index (χ2v) is 5.32. The molecule has 10 nitrogen and oxygen atoms in total. The molecule has 3 rings (SSSR count). The highest BCUT2D eigenvalue weighted by atomic mass is 16.6. The fourth-order valence-corrected chi connectivity index (χ4v) is 2.27. The molecule has 1 amide bonds. The van der Waals surface area contributed by atoms with Crippen LogP contribution in [0.4, 0.5) is 5.69 Å². The van der Waals surface area contributed by atoms with Crippen LogP contribution in [-0.4, -0.2) is 32.0 Å². The number of aryl methyl sites for hydroxylation is 1. The fraction of sp³-hybridized carbons (Fsp3) is 0.125. The van der Waals surface area contributed by atoms with Gasteiger partial charge in [-0.3, -0.25) is 14.9 Å². The molecule has 1 aromatic heterocycles. The number of rotatable bonds is 6. The number of para-hydroxylation sites is 1. The third-order valence-corrected chi connectivity index (χ3v) is 3.57. The van der Waals surface area contributed by atoms with Gasteiger partial charge in [0.25, 0.3) is 5.69 Å². The summed E-state index contributed by atoms with van der Waals surface area (Å²) in [6.07, 6.45) is 1.18. The maximum atomic E-state index is 11.9. The van der Waals surface area contributed by atoms with Crippen molar-refractivity contribution in [2.24, 2.45) is 5.10 Å². The third kappa shape index (κ3) is 3.80. The lowest BCUT2D eigenvalue weighted by atomic mass is 10.2. The molecule has 0 spiro atoms. The average Bonchev–Trinajstić information content (AvgIpc) is 3.04. The van der Waals surface area contributed by atoms with E-state index in [1.165, 1.54) is 0 Å². The first-order valence-corrected chi connectivity index (χ1v) is 7.60. The molecule has 0 bridgehead atoms. The topological polar surface area (TPSA) is 138 Å². The van der Waals surface area contributed by atoms with Crippen LogP contribution in [0.2, 0.25) is 0 Å². The molecule has 26 heavy (non-hydrogen) atoms. The monoisotopic (exact) mass is 353 g/mol. The smallest absolute Gasteiger partial charge is 0.270 e. The number of nitrogens with zero attached hydrogens (tertiary/aromatic N) is 5. The molecule has 1 heterocycles. The largest absolute Gasteiger partial charge is 0.872 e. The Kier molecular flexibility index (Phi) is 4.83. The van der Waals surface area contributed by atoms with Gasteiger partial charge in [-0.2, -0.15) is 5.10 Å². The van der Waals surface area contributed by atoms with E-state index in [0.29, 0.717) is 6.54 Å². The minimum Gasteiger partial charge on any atom is -0.872 e. The van der Waals surface area contributed by atoms with Gasteiger partial charge in [-0.1, -0.05) is 29.2 Å². The number of benzene rings is 2. The highest BCUT2D eigenvalue weighted by Gasteiger charge is 2.07. The number of non-ortho nitro benzene ring substituents is 1. The van der Waals surface area contributed by atoms with Crippen LogP contribution in [0.1, 0.15) is 12.0 Å². The number of hydrogen-bond donors (Lipinski definition) is 1. The molecule has 0 saturated heterocycles. The molecule has 1 N–H and O–H groups in total. The van der Waals surface area contributed by atoms with Crippen molar-refractivity contribution in [3.63, 3.8) is 0 Å². The summed E-state index contributed by atoms with van der Waals surface area (Å²) in [5.41, 5.74) is 3.62. The van der Waals surface area contributed by atoms with Crippen molar-refractivity contribution in [2.45, 2.75) is 13.0 Å². The summed E-state index contributed by atoms with van der Waals surface area (Å²) < 4.78 is 1.61. The number of nitro benzene ring substituents is 1. The zero-order valence-corrected chi connectivity index (χ0v) is 13.4. The van der Waals surface area contributed by atoms with Crippen molar-refractivity contribution >= 4 is 28.8 Å². The van der Waals surface area contributed by atoms with Crippen molar-refractivity contribution in [1.82, 2.24) is 20.4 Å².